The van der Waals surface area contributed by atoms with Gasteiger partial charge in [0.1, 0.15) is 11.9 Å². The normalized spacial score (nSPS) is 29.2. The van der Waals surface area contributed by atoms with Gasteiger partial charge in [-0.3, -0.25) is 0 Å². The minimum atomic E-state index is 0.539. The van der Waals surface area contributed by atoms with Crippen LogP contribution in [0.15, 0.2) is 12.3 Å². The van der Waals surface area contributed by atoms with Gasteiger partial charge in [-0.25, -0.2) is 4.98 Å². The Morgan fingerprint density at radius 3 is 3.00 bits per heavy atom. The number of pyridine rings is 1. The topological polar surface area (TPSA) is 74.7 Å². The Labute approximate surface area is 107 Å². The highest BCUT2D eigenvalue weighted by Gasteiger charge is 2.39. The third-order valence-corrected chi connectivity index (χ3v) is 4.45. The highest BCUT2D eigenvalue weighted by atomic mass is 15.0. The number of anilines is 2. The van der Waals surface area contributed by atoms with E-state index in [1.54, 1.807) is 12.3 Å². The molecule has 2 fully saturated rings. The molecule has 2 saturated carbocycles. The Morgan fingerprint density at radius 2 is 2.33 bits per heavy atom. The third-order valence-electron chi connectivity index (χ3n) is 4.45. The van der Waals surface area contributed by atoms with Gasteiger partial charge in [-0.1, -0.05) is 6.42 Å². The lowest BCUT2D eigenvalue weighted by Crippen LogP contribution is -2.21. The third kappa shape index (κ3) is 2.01. The van der Waals surface area contributed by atoms with Crippen molar-refractivity contribution in [3.8, 4) is 6.07 Å². The zero-order chi connectivity index (χ0) is 12.5. The van der Waals surface area contributed by atoms with E-state index >= 15 is 0 Å². The smallest absolute Gasteiger partial charge is 0.144 e. The summed E-state index contributed by atoms with van der Waals surface area (Å²) in [5, 5.41) is 12.4. The number of nitrogens with one attached hydrogen (secondary N) is 1. The van der Waals surface area contributed by atoms with Gasteiger partial charge in [0, 0.05) is 6.54 Å². The second kappa shape index (κ2) is 4.49. The maximum atomic E-state index is 9.05. The quantitative estimate of drug-likeness (QED) is 0.853. The first-order valence-electron chi connectivity index (χ1n) is 6.65. The van der Waals surface area contributed by atoms with Gasteiger partial charge >= 0.3 is 0 Å². The number of rotatable bonds is 3. The van der Waals surface area contributed by atoms with Crippen molar-refractivity contribution in [2.45, 2.75) is 25.7 Å². The number of nitriles is 1. The van der Waals surface area contributed by atoms with Gasteiger partial charge in [0.15, 0.2) is 0 Å². The van der Waals surface area contributed by atoms with Gasteiger partial charge in [-0.05, 0) is 43.1 Å². The zero-order valence-corrected chi connectivity index (χ0v) is 10.4. The first-order chi connectivity index (χ1) is 8.76. The first kappa shape index (κ1) is 11.3. The van der Waals surface area contributed by atoms with Gasteiger partial charge in [0.2, 0.25) is 0 Å². The molecule has 0 radical (unpaired) electrons. The molecule has 3 atom stereocenters. The highest BCUT2D eigenvalue weighted by molar-refractivity contribution is 5.57. The summed E-state index contributed by atoms with van der Waals surface area (Å²) in [7, 11) is 0. The largest absolute Gasteiger partial charge is 0.397 e. The lowest BCUT2D eigenvalue weighted by atomic mass is 9.89. The standard InChI is InChI=1S/C14H18N4/c15-6-11-5-13(16)8-18-14(11)17-7-12-4-9-1-2-10(12)3-9/h5,8-10,12H,1-4,7,16H2,(H,17,18). The van der Waals surface area contributed by atoms with E-state index in [2.05, 4.69) is 16.4 Å². The van der Waals surface area contributed by atoms with Crippen LogP contribution in [0.4, 0.5) is 11.5 Å². The maximum absolute atomic E-state index is 9.05. The highest BCUT2D eigenvalue weighted by Crippen LogP contribution is 2.48. The Kier molecular flexibility index (Phi) is 2.83. The van der Waals surface area contributed by atoms with E-state index in [0.717, 1.165) is 24.3 Å². The monoisotopic (exact) mass is 242 g/mol. The molecule has 0 aliphatic heterocycles. The van der Waals surface area contributed by atoms with Gasteiger partial charge in [0.05, 0.1) is 17.4 Å². The summed E-state index contributed by atoms with van der Waals surface area (Å²) >= 11 is 0. The Balaban J connectivity index is 1.65. The van der Waals surface area contributed by atoms with Gasteiger partial charge in [0.25, 0.3) is 0 Å². The summed E-state index contributed by atoms with van der Waals surface area (Å²) in [5.41, 5.74) is 6.71. The molecule has 4 heteroatoms. The summed E-state index contributed by atoms with van der Waals surface area (Å²) in [6.07, 6.45) is 7.16. The number of aromatic nitrogens is 1. The van der Waals surface area contributed by atoms with E-state index in [1.165, 1.54) is 25.7 Å². The molecular weight excluding hydrogens is 224 g/mol. The van der Waals surface area contributed by atoms with Crippen LogP contribution in [0.3, 0.4) is 0 Å². The van der Waals surface area contributed by atoms with Crippen LogP contribution in [0.1, 0.15) is 31.2 Å². The number of fused-ring (bicyclic) bond motifs is 2. The number of nitrogens with two attached hydrogens (primary N) is 1. The summed E-state index contributed by atoms with van der Waals surface area (Å²) in [6.45, 7) is 0.937. The Hall–Kier alpha value is -1.76. The number of nitrogen functional groups attached to an aromatic ring is 1. The average Bonchev–Trinajstić information content (AvgIpc) is 2.99. The maximum Gasteiger partial charge on any atom is 0.144 e. The molecule has 18 heavy (non-hydrogen) atoms. The summed E-state index contributed by atoms with van der Waals surface area (Å²) in [6, 6.07) is 3.82. The first-order valence-corrected chi connectivity index (χ1v) is 6.65. The van der Waals surface area contributed by atoms with Crippen molar-refractivity contribution < 1.29 is 0 Å². The molecular formula is C14H18N4. The summed E-state index contributed by atoms with van der Waals surface area (Å²) in [5.74, 6) is 3.28. The van der Waals surface area contributed by atoms with E-state index in [4.69, 9.17) is 11.0 Å². The minimum absolute atomic E-state index is 0.539. The molecule has 1 heterocycles. The van der Waals surface area contributed by atoms with Crippen molar-refractivity contribution in [3.05, 3.63) is 17.8 Å². The predicted molar refractivity (Wildman–Crippen MR) is 70.8 cm³/mol. The van der Waals surface area contributed by atoms with E-state index in [0.29, 0.717) is 17.1 Å². The van der Waals surface area contributed by atoms with Gasteiger partial charge in [-0.2, -0.15) is 5.26 Å². The fraction of sp³-hybridized carbons (Fsp3) is 0.571. The molecule has 0 spiro atoms. The molecule has 1 aromatic heterocycles. The van der Waals surface area contributed by atoms with Crippen LogP contribution in [0.25, 0.3) is 0 Å². The van der Waals surface area contributed by atoms with E-state index in [9.17, 15) is 0 Å². The molecule has 3 N–H and O–H groups in total. The summed E-state index contributed by atoms with van der Waals surface area (Å²) in [4.78, 5) is 4.21. The van der Waals surface area contributed by atoms with E-state index in [-0.39, 0.29) is 0 Å². The molecule has 1 aromatic rings. The molecule has 0 aromatic carbocycles. The van der Waals surface area contributed by atoms with Crippen molar-refractivity contribution >= 4 is 11.5 Å². The van der Waals surface area contributed by atoms with Crippen LogP contribution in [-0.2, 0) is 0 Å². The molecule has 0 saturated heterocycles. The molecule has 94 valence electrons. The van der Waals surface area contributed by atoms with E-state index in [1.807, 2.05) is 0 Å². The van der Waals surface area contributed by atoms with E-state index < -0.39 is 0 Å². The van der Waals surface area contributed by atoms with Crippen molar-refractivity contribution in [1.29, 1.82) is 5.26 Å². The molecule has 2 aliphatic rings. The fourth-order valence-corrected chi connectivity index (χ4v) is 3.56. The molecule has 2 bridgehead atoms. The fourth-order valence-electron chi connectivity index (χ4n) is 3.56. The zero-order valence-electron chi connectivity index (χ0n) is 10.4. The number of hydrogen-bond donors (Lipinski definition) is 2. The second-order valence-electron chi connectivity index (χ2n) is 5.59. The van der Waals surface area contributed by atoms with Crippen LogP contribution >= 0.6 is 0 Å². The lowest BCUT2D eigenvalue weighted by molar-refractivity contribution is 0.348. The minimum Gasteiger partial charge on any atom is -0.397 e. The number of hydrogen-bond acceptors (Lipinski definition) is 4. The van der Waals surface area contributed by atoms with Crippen LogP contribution in [0.5, 0.6) is 0 Å². The van der Waals surface area contributed by atoms with Crippen molar-refractivity contribution in [2.75, 3.05) is 17.6 Å². The van der Waals surface area contributed by atoms with Crippen LogP contribution in [0, 0.1) is 29.1 Å². The lowest BCUT2D eigenvalue weighted by Gasteiger charge is -2.22. The average molecular weight is 242 g/mol. The summed E-state index contributed by atoms with van der Waals surface area (Å²) < 4.78 is 0. The van der Waals surface area contributed by atoms with Crippen LogP contribution < -0.4 is 11.1 Å². The Morgan fingerprint density at radius 1 is 1.44 bits per heavy atom. The van der Waals surface area contributed by atoms with Crippen LogP contribution in [0.2, 0.25) is 0 Å². The SMILES string of the molecule is N#Cc1cc(N)cnc1NCC1CC2CCC1C2. The Bertz CT molecular complexity index is 491. The van der Waals surface area contributed by atoms with Crippen LogP contribution in [-0.4, -0.2) is 11.5 Å². The molecule has 3 unspecified atom stereocenters. The van der Waals surface area contributed by atoms with Crippen molar-refractivity contribution in [2.24, 2.45) is 17.8 Å². The molecule has 3 rings (SSSR count). The molecule has 2 aliphatic carbocycles. The predicted octanol–water partition coefficient (Wildman–Crippen LogP) is 2.38. The van der Waals surface area contributed by atoms with Crippen molar-refractivity contribution in [3.63, 3.8) is 0 Å². The van der Waals surface area contributed by atoms with Crippen molar-refractivity contribution in [1.82, 2.24) is 4.98 Å². The second-order valence-corrected chi connectivity index (χ2v) is 5.59. The molecule has 0 amide bonds. The molecule has 4 nitrogen and oxygen atoms in total. The van der Waals surface area contributed by atoms with Gasteiger partial charge in [-0.15, -0.1) is 0 Å². The van der Waals surface area contributed by atoms with Gasteiger partial charge < -0.3 is 11.1 Å². The number of nitrogens with zero attached hydrogens (tertiary/aromatic N) is 2.